The van der Waals surface area contributed by atoms with Gasteiger partial charge in [0.1, 0.15) is 4.88 Å². The van der Waals surface area contributed by atoms with Gasteiger partial charge in [-0.15, -0.1) is 11.3 Å². The number of likely N-dealkylation sites (tertiary alicyclic amines) is 1. The van der Waals surface area contributed by atoms with Gasteiger partial charge < -0.3 is 4.90 Å². The highest BCUT2D eigenvalue weighted by Gasteiger charge is 2.29. The number of aromatic nitrogens is 3. The Hall–Kier alpha value is -1.69. The summed E-state index contributed by atoms with van der Waals surface area (Å²) >= 11 is 1.50. The second-order valence-corrected chi connectivity index (χ2v) is 6.73. The second-order valence-electron chi connectivity index (χ2n) is 5.52. The molecule has 1 saturated heterocycles. The molecule has 3 heterocycles. The van der Waals surface area contributed by atoms with Gasteiger partial charge in [-0.25, -0.2) is 4.98 Å². The number of rotatable bonds is 3. The van der Waals surface area contributed by atoms with E-state index >= 15 is 0 Å². The number of aryl methyl sites for hydroxylation is 2. The predicted octanol–water partition coefficient (Wildman–Crippen LogP) is 2.65. The highest BCUT2D eigenvalue weighted by atomic mass is 32.1. The Bertz CT molecular complexity index is 620. The Labute approximate surface area is 128 Å². The molecule has 3 rings (SSSR count). The summed E-state index contributed by atoms with van der Waals surface area (Å²) < 4.78 is 1.92. The van der Waals surface area contributed by atoms with Crippen LogP contribution in [0.4, 0.5) is 0 Å². The van der Waals surface area contributed by atoms with E-state index in [0.717, 1.165) is 41.5 Å². The van der Waals surface area contributed by atoms with E-state index in [1.165, 1.54) is 17.8 Å². The first-order valence-corrected chi connectivity index (χ1v) is 8.19. The molecule has 1 fully saturated rings. The number of piperidine rings is 1. The molecule has 21 heavy (non-hydrogen) atoms. The Morgan fingerprint density at radius 3 is 2.95 bits per heavy atom. The van der Waals surface area contributed by atoms with Crippen molar-refractivity contribution in [3.8, 4) is 0 Å². The zero-order chi connectivity index (χ0) is 14.8. The molecular weight excluding hydrogens is 284 g/mol. The van der Waals surface area contributed by atoms with E-state index in [0.29, 0.717) is 0 Å². The summed E-state index contributed by atoms with van der Waals surface area (Å²) in [6, 6.07) is 2.15. The first kappa shape index (κ1) is 14.3. The number of amides is 1. The van der Waals surface area contributed by atoms with Gasteiger partial charge in [-0.3, -0.25) is 9.48 Å². The SMILES string of the molecule is Cc1nc(C)c(C(=O)N2CCCCC2Cn2cccn2)s1. The molecule has 0 bridgehead atoms. The van der Waals surface area contributed by atoms with Gasteiger partial charge in [-0.1, -0.05) is 0 Å². The van der Waals surface area contributed by atoms with Gasteiger partial charge in [0.2, 0.25) is 0 Å². The van der Waals surface area contributed by atoms with Crippen molar-refractivity contribution in [2.45, 2.75) is 45.7 Å². The molecule has 5 nitrogen and oxygen atoms in total. The Kier molecular flexibility index (Phi) is 4.05. The number of thiazole rings is 1. The van der Waals surface area contributed by atoms with Crippen LogP contribution in [0.15, 0.2) is 18.5 Å². The smallest absolute Gasteiger partial charge is 0.266 e. The van der Waals surface area contributed by atoms with Crippen molar-refractivity contribution in [3.63, 3.8) is 0 Å². The van der Waals surface area contributed by atoms with Gasteiger partial charge in [-0.2, -0.15) is 5.10 Å². The van der Waals surface area contributed by atoms with Crippen LogP contribution < -0.4 is 0 Å². The van der Waals surface area contributed by atoms with E-state index in [1.54, 1.807) is 6.20 Å². The largest absolute Gasteiger partial charge is 0.333 e. The van der Waals surface area contributed by atoms with E-state index in [4.69, 9.17) is 0 Å². The topological polar surface area (TPSA) is 51.0 Å². The zero-order valence-corrected chi connectivity index (χ0v) is 13.3. The van der Waals surface area contributed by atoms with Crippen molar-refractivity contribution >= 4 is 17.2 Å². The third-order valence-corrected chi connectivity index (χ3v) is 5.00. The van der Waals surface area contributed by atoms with Gasteiger partial charge in [0.25, 0.3) is 5.91 Å². The average Bonchev–Trinajstić information content (AvgIpc) is 3.08. The maximum Gasteiger partial charge on any atom is 0.266 e. The van der Waals surface area contributed by atoms with Crippen LogP contribution in [0.1, 0.15) is 39.6 Å². The lowest BCUT2D eigenvalue weighted by atomic mass is 10.0. The van der Waals surface area contributed by atoms with Gasteiger partial charge in [-0.05, 0) is 39.2 Å². The summed E-state index contributed by atoms with van der Waals surface area (Å²) in [5.41, 5.74) is 0.853. The van der Waals surface area contributed by atoms with Crippen LogP contribution in [0.5, 0.6) is 0 Å². The highest BCUT2D eigenvalue weighted by Crippen LogP contribution is 2.25. The Morgan fingerprint density at radius 1 is 1.43 bits per heavy atom. The molecule has 6 heteroatoms. The molecule has 0 radical (unpaired) electrons. The Balaban J connectivity index is 1.80. The van der Waals surface area contributed by atoms with Gasteiger partial charge in [0, 0.05) is 18.9 Å². The summed E-state index contributed by atoms with van der Waals surface area (Å²) in [6.07, 6.45) is 7.04. The quantitative estimate of drug-likeness (QED) is 0.876. The van der Waals surface area contributed by atoms with Crippen LogP contribution >= 0.6 is 11.3 Å². The molecule has 0 saturated carbocycles. The molecule has 112 valence electrons. The monoisotopic (exact) mass is 304 g/mol. The minimum atomic E-state index is 0.134. The summed E-state index contributed by atoms with van der Waals surface area (Å²) in [7, 11) is 0. The van der Waals surface area contributed by atoms with Crippen molar-refractivity contribution in [2.75, 3.05) is 6.54 Å². The van der Waals surface area contributed by atoms with Gasteiger partial charge >= 0.3 is 0 Å². The van der Waals surface area contributed by atoms with Crippen LogP contribution in [0, 0.1) is 13.8 Å². The standard InChI is InChI=1S/C15H20N4OS/c1-11-14(21-12(2)17-11)15(20)19-9-4-3-6-13(19)10-18-8-5-7-16-18/h5,7-8,13H,3-4,6,9-10H2,1-2H3. The molecule has 1 amide bonds. The molecule has 1 aliphatic heterocycles. The predicted molar refractivity (Wildman–Crippen MR) is 82.5 cm³/mol. The zero-order valence-electron chi connectivity index (χ0n) is 12.5. The molecule has 2 aromatic rings. The number of carbonyl (C=O) groups excluding carboxylic acids is 1. The number of nitrogens with zero attached hydrogens (tertiary/aromatic N) is 4. The maximum absolute atomic E-state index is 12.8. The van der Waals surface area contributed by atoms with E-state index in [1.807, 2.05) is 35.7 Å². The average molecular weight is 304 g/mol. The molecule has 0 aliphatic carbocycles. The third kappa shape index (κ3) is 3.00. The normalized spacial score (nSPS) is 19.0. The minimum absolute atomic E-state index is 0.134. The minimum Gasteiger partial charge on any atom is -0.333 e. The fourth-order valence-corrected chi connectivity index (χ4v) is 3.82. The van der Waals surface area contributed by atoms with Crippen LogP contribution in [0.2, 0.25) is 0 Å². The summed E-state index contributed by atoms with van der Waals surface area (Å²) in [6.45, 7) is 5.48. The first-order valence-electron chi connectivity index (χ1n) is 7.37. The number of hydrogen-bond donors (Lipinski definition) is 0. The highest BCUT2D eigenvalue weighted by molar-refractivity contribution is 7.13. The van der Waals surface area contributed by atoms with Crippen molar-refractivity contribution in [2.24, 2.45) is 0 Å². The first-order chi connectivity index (χ1) is 10.1. The summed E-state index contributed by atoms with van der Waals surface area (Å²) in [5, 5.41) is 5.22. The Morgan fingerprint density at radius 2 is 2.29 bits per heavy atom. The molecule has 1 unspecified atom stereocenters. The number of hydrogen-bond acceptors (Lipinski definition) is 4. The van der Waals surface area contributed by atoms with E-state index in [9.17, 15) is 4.79 Å². The summed E-state index contributed by atoms with van der Waals surface area (Å²) in [4.78, 5) is 20.0. The van der Waals surface area contributed by atoms with Crippen LogP contribution in [0.3, 0.4) is 0 Å². The van der Waals surface area contributed by atoms with E-state index in [2.05, 4.69) is 10.1 Å². The van der Waals surface area contributed by atoms with Crippen LogP contribution in [-0.2, 0) is 6.54 Å². The van der Waals surface area contributed by atoms with Crippen molar-refractivity contribution in [1.29, 1.82) is 0 Å². The molecule has 0 spiro atoms. The van der Waals surface area contributed by atoms with Crippen LogP contribution in [-0.4, -0.2) is 38.2 Å². The maximum atomic E-state index is 12.8. The van der Waals surface area contributed by atoms with Gasteiger partial charge in [0.15, 0.2) is 0 Å². The fraction of sp³-hybridized carbons (Fsp3) is 0.533. The van der Waals surface area contributed by atoms with E-state index < -0.39 is 0 Å². The third-order valence-electron chi connectivity index (χ3n) is 3.94. The van der Waals surface area contributed by atoms with E-state index in [-0.39, 0.29) is 11.9 Å². The summed E-state index contributed by atoms with van der Waals surface area (Å²) in [5.74, 6) is 0.134. The fourth-order valence-electron chi connectivity index (χ4n) is 2.94. The molecule has 0 N–H and O–H groups in total. The molecule has 1 aliphatic rings. The number of carbonyl (C=O) groups is 1. The molecule has 0 aromatic carbocycles. The van der Waals surface area contributed by atoms with Gasteiger partial charge in [0.05, 0.1) is 23.3 Å². The molecule has 2 aromatic heterocycles. The second kappa shape index (κ2) is 5.97. The molecule has 1 atom stereocenters. The molecular formula is C15H20N4OS. The van der Waals surface area contributed by atoms with Crippen molar-refractivity contribution < 1.29 is 4.79 Å². The lowest BCUT2D eigenvalue weighted by Gasteiger charge is -2.35. The lowest BCUT2D eigenvalue weighted by Crippen LogP contribution is -2.45. The van der Waals surface area contributed by atoms with Crippen molar-refractivity contribution in [1.82, 2.24) is 19.7 Å². The lowest BCUT2D eigenvalue weighted by molar-refractivity contribution is 0.0588. The van der Waals surface area contributed by atoms with Crippen LogP contribution in [0.25, 0.3) is 0 Å². The van der Waals surface area contributed by atoms with Crippen molar-refractivity contribution in [3.05, 3.63) is 34.0 Å².